The zero-order valence-corrected chi connectivity index (χ0v) is 17.6. The number of nitrogens with one attached hydrogen (secondary N) is 1. The first kappa shape index (κ1) is 21.2. The van der Waals surface area contributed by atoms with Crippen LogP contribution < -0.4 is 15.0 Å². The highest BCUT2D eigenvalue weighted by molar-refractivity contribution is 5.93. The number of non-ortho nitro benzene ring substituents is 1. The molecule has 32 heavy (non-hydrogen) atoms. The van der Waals surface area contributed by atoms with Crippen molar-refractivity contribution in [1.82, 2.24) is 10.2 Å². The summed E-state index contributed by atoms with van der Waals surface area (Å²) in [5.41, 5.74) is 2.24. The molecule has 0 unspecified atom stereocenters. The molecule has 0 bridgehead atoms. The van der Waals surface area contributed by atoms with Crippen LogP contribution in [0.3, 0.4) is 0 Å². The minimum atomic E-state index is -0.467. The van der Waals surface area contributed by atoms with E-state index in [1.165, 1.54) is 12.1 Å². The molecule has 0 radical (unpaired) electrons. The number of hydrogen-bond acceptors (Lipinski definition) is 7. The molecular formula is C23H23N5O4. The number of carbonyl (C=O) groups excluding carboxylic acids is 1. The fourth-order valence-corrected chi connectivity index (χ4v) is 3.72. The van der Waals surface area contributed by atoms with Gasteiger partial charge in [-0.15, -0.1) is 10.2 Å². The van der Waals surface area contributed by atoms with Crippen LogP contribution in [0.1, 0.15) is 12.8 Å². The van der Waals surface area contributed by atoms with E-state index in [2.05, 4.69) is 20.4 Å². The fourth-order valence-electron chi connectivity index (χ4n) is 3.72. The summed E-state index contributed by atoms with van der Waals surface area (Å²) < 4.78 is 5.18. The van der Waals surface area contributed by atoms with Crippen molar-refractivity contribution in [2.24, 2.45) is 5.92 Å². The first-order valence-electron chi connectivity index (χ1n) is 10.3. The molecule has 3 aromatic rings. The van der Waals surface area contributed by atoms with Gasteiger partial charge < -0.3 is 15.0 Å². The Labute approximate surface area is 185 Å². The van der Waals surface area contributed by atoms with Crippen LogP contribution >= 0.6 is 0 Å². The number of anilines is 2. The molecule has 1 aliphatic heterocycles. The molecule has 1 atom stereocenters. The van der Waals surface area contributed by atoms with E-state index in [0.717, 1.165) is 42.2 Å². The van der Waals surface area contributed by atoms with Gasteiger partial charge in [-0.05, 0) is 61.4 Å². The number of rotatable bonds is 6. The molecule has 2 aromatic carbocycles. The van der Waals surface area contributed by atoms with Gasteiger partial charge in [-0.1, -0.05) is 0 Å². The van der Waals surface area contributed by atoms with E-state index in [-0.39, 0.29) is 17.5 Å². The number of benzene rings is 2. The highest BCUT2D eigenvalue weighted by Gasteiger charge is 2.27. The molecular weight excluding hydrogens is 410 g/mol. The molecule has 0 saturated carbocycles. The molecule has 164 valence electrons. The molecule has 0 spiro atoms. The summed E-state index contributed by atoms with van der Waals surface area (Å²) in [5.74, 6) is 1.20. The van der Waals surface area contributed by atoms with Crippen molar-refractivity contribution in [3.8, 4) is 17.0 Å². The number of piperidine rings is 1. The Morgan fingerprint density at radius 3 is 2.47 bits per heavy atom. The van der Waals surface area contributed by atoms with Crippen LogP contribution in [0, 0.1) is 16.0 Å². The number of ether oxygens (including phenoxy) is 1. The predicted octanol–water partition coefficient (Wildman–Crippen LogP) is 3.92. The lowest BCUT2D eigenvalue weighted by atomic mass is 9.97. The van der Waals surface area contributed by atoms with E-state index in [0.29, 0.717) is 12.2 Å². The van der Waals surface area contributed by atoms with Gasteiger partial charge in [-0.25, -0.2) is 0 Å². The lowest BCUT2D eigenvalue weighted by Crippen LogP contribution is -2.41. The number of amides is 1. The van der Waals surface area contributed by atoms with Crippen LogP contribution in [-0.4, -0.2) is 41.2 Å². The number of methoxy groups -OCH3 is 1. The number of nitro groups is 1. The Morgan fingerprint density at radius 1 is 1.09 bits per heavy atom. The Bertz CT molecular complexity index is 1080. The standard InChI is InChI=1S/C23H23N5O4/c1-32-20-10-4-16(5-11-20)21-12-13-22(26-25-21)27-14-2-3-17(15-27)23(29)24-18-6-8-19(9-7-18)28(30)31/h4-13,17H,2-3,14-15H2,1H3,(H,24,29)/t17-/m0/s1. The van der Waals surface area contributed by atoms with Crippen LogP contribution in [-0.2, 0) is 4.79 Å². The molecule has 1 N–H and O–H groups in total. The van der Waals surface area contributed by atoms with Crippen molar-refractivity contribution in [3.05, 3.63) is 70.8 Å². The summed E-state index contributed by atoms with van der Waals surface area (Å²) in [6.07, 6.45) is 1.63. The maximum Gasteiger partial charge on any atom is 0.269 e. The Kier molecular flexibility index (Phi) is 6.25. The van der Waals surface area contributed by atoms with E-state index in [4.69, 9.17) is 4.74 Å². The summed E-state index contributed by atoms with van der Waals surface area (Å²) in [4.78, 5) is 25.1. The summed E-state index contributed by atoms with van der Waals surface area (Å²) in [6.45, 7) is 1.34. The Morgan fingerprint density at radius 2 is 1.84 bits per heavy atom. The highest BCUT2D eigenvalue weighted by atomic mass is 16.6. The first-order valence-corrected chi connectivity index (χ1v) is 10.3. The number of carbonyl (C=O) groups is 1. The number of hydrogen-bond donors (Lipinski definition) is 1. The normalized spacial score (nSPS) is 15.8. The van der Waals surface area contributed by atoms with Gasteiger partial charge in [0.25, 0.3) is 5.69 Å². The topological polar surface area (TPSA) is 110 Å². The third kappa shape index (κ3) is 4.83. The van der Waals surface area contributed by atoms with Crippen molar-refractivity contribution >= 4 is 23.1 Å². The largest absolute Gasteiger partial charge is 0.497 e. The second kappa shape index (κ2) is 9.42. The van der Waals surface area contributed by atoms with E-state index < -0.39 is 4.92 Å². The molecule has 1 fully saturated rings. The number of nitrogens with zero attached hydrogens (tertiary/aromatic N) is 4. The van der Waals surface area contributed by atoms with Crippen molar-refractivity contribution in [2.45, 2.75) is 12.8 Å². The minimum Gasteiger partial charge on any atom is -0.497 e. The summed E-state index contributed by atoms with van der Waals surface area (Å²) in [7, 11) is 1.63. The average Bonchev–Trinajstić information content (AvgIpc) is 2.84. The second-order valence-corrected chi connectivity index (χ2v) is 7.58. The second-order valence-electron chi connectivity index (χ2n) is 7.58. The molecule has 1 saturated heterocycles. The van der Waals surface area contributed by atoms with Crippen molar-refractivity contribution in [1.29, 1.82) is 0 Å². The van der Waals surface area contributed by atoms with Crippen LogP contribution in [0.25, 0.3) is 11.3 Å². The summed E-state index contributed by atoms with van der Waals surface area (Å²) >= 11 is 0. The third-order valence-electron chi connectivity index (χ3n) is 5.50. The molecule has 9 heteroatoms. The average molecular weight is 433 g/mol. The van der Waals surface area contributed by atoms with Gasteiger partial charge in [0, 0.05) is 36.5 Å². The van der Waals surface area contributed by atoms with Crippen LogP contribution in [0.2, 0.25) is 0 Å². The monoisotopic (exact) mass is 433 g/mol. The van der Waals surface area contributed by atoms with Gasteiger partial charge in [0.05, 0.1) is 23.6 Å². The van der Waals surface area contributed by atoms with Gasteiger partial charge >= 0.3 is 0 Å². The molecule has 2 heterocycles. The quantitative estimate of drug-likeness (QED) is 0.463. The van der Waals surface area contributed by atoms with Crippen LogP contribution in [0.4, 0.5) is 17.2 Å². The van der Waals surface area contributed by atoms with Gasteiger partial charge in [-0.2, -0.15) is 0 Å². The molecule has 1 amide bonds. The Hall–Kier alpha value is -4.01. The van der Waals surface area contributed by atoms with Crippen LogP contribution in [0.5, 0.6) is 5.75 Å². The first-order chi connectivity index (χ1) is 15.5. The molecule has 1 aliphatic rings. The summed E-state index contributed by atoms with van der Waals surface area (Å²) in [6, 6.07) is 17.3. The number of aromatic nitrogens is 2. The SMILES string of the molecule is COc1ccc(-c2ccc(N3CCC[C@H](C(=O)Nc4ccc([N+](=O)[O-])cc4)C3)nn2)cc1. The predicted molar refractivity (Wildman–Crippen MR) is 121 cm³/mol. The minimum absolute atomic E-state index is 0.0106. The Balaban J connectivity index is 1.39. The zero-order chi connectivity index (χ0) is 22.5. The molecule has 0 aliphatic carbocycles. The molecule has 9 nitrogen and oxygen atoms in total. The van der Waals surface area contributed by atoms with E-state index in [9.17, 15) is 14.9 Å². The van der Waals surface area contributed by atoms with Crippen molar-refractivity contribution < 1.29 is 14.5 Å². The zero-order valence-electron chi connectivity index (χ0n) is 17.6. The third-order valence-corrected chi connectivity index (χ3v) is 5.50. The highest BCUT2D eigenvalue weighted by Crippen LogP contribution is 2.25. The van der Waals surface area contributed by atoms with E-state index in [1.54, 1.807) is 19.2 Å². The van der Waals surface area contributed by atoms with Crippen LogP contribution in [0.15, 0.2) is 60.7 Å². The van der Waals surface area contributed by atoms with Crippen molar-refractivity contribution in [3.63, 3.8) is 0 Å². The van der Waals surface area contributed by atoms with E-state index in [1.807, 2.05) is 36.4 Å². The smallest absolute Gasteiger partial charge is 0.269 e. The van der Waals surface area contributed by atoms with E-state index >= 15 is 0 Å². The van der Waals surface area contributed by atoms with Gasteiger partial charge in [0.1, 0.15) is 5.75 Å². The lowest BCUT2D eigenvalue weighted by molar-refractivity contribution is -0.384. The fraction of sp³-hybridized carbons (Fsp3) is 0.261. The maximum absolute atomic E-state index is 12.7. The van der Waals surface area contributed by atoms with Gasteiger partial charge in [-0.3, -0.25) is 14.9 Å². The van der Waals surface area contributed by atoms with Gasteiger partial charge in [0.2, 0.25) is 5.91 Å². The maximum atomic E-state index is 12.7. The van der Waals surface area contributed by atoms with Crippen molar-refractivity contribution in [2.75, 3.05) is 30.4 Å². The van der Waals surface area contributed by atoms with Gasteiger partial charge in [0.15, 0.2) is 5.82 Å². The summed E-state index contributed by atoms with van der Waals surface area (Å²) in [5, 5.41) is 22.4. The molecule has 4 rings (SSSR count). The lowest BCUT2D eigenvalue weighted by Gasteiger charge is -2.32. The molecule has 1 aromatic heterocycles. The number of nitro benzene ring substituents is 1.